The monoisotopic (exact) mass is 214 g/mol. The van der Waals surface area contributed by atoms with Gasteiger partial charge in [-0.2, -0.15) is 0 Å². The molecule has 0 aliphatic carbocycles. The summed E-state index contributed by atoms with van der Waals surface area (Å²) in [6, 6.07) is 0. The minimum atomic E-state index is 0.250. The van der Waals surface area contributed by atoms with Crippen molar-refractivity contribution in [3.05, 3.63) is 0 Å². The lowest BCUT2D eigenvalue weighted by Gasteiger charge is -2.44. The molecular formula is C11H22N2O2. The maximum absolute atomic E-state index is 5.59. The number of nitrogens with zero attached hydrogens (tertiary/aromatic N) is 1. The molecule has 1 N–H and O–H groups in total. The van der Waals surface area contributed by atoms with Crippen LogP contribution >= 0.6 is 0 Å². The normalized spacial score (nSPS) is 32.8. The van der Waals surface area contributed by atoms with Gasteiger partial charge in [0, 0.05) is 31.7 Å². The van der Waals surface area contributed by atoms with Gasteiger partial charge in [0.1, 0.15) is 6.79 Å². The molecule has 0 radical (unpaired) electrons. The smallest absolute Gasteiger partial charge is 0.147 e. The van der Waals surface area contributed by atoms with Gasteiger partial charge in [-0.05, 0) is 20.3 Å². The lowest BCUT2D eigenvalue weighted by atomic mass is 9.99. The highest BCUT2D eigenvalue weighted by Gasteiger charge is 2.31. The van der Waals surface area contributed by atoms with Crippen LogP contribution in [0.2, 0.25) is 0 Å². The Kier molecular flexibility index (Phi) is 3.61. The molecule has 4 heteroatoms. The fourth-order valence-electron chi connectivity index (χ4n) is 2.25. The third-order valence-electron chi connectivity index (χ3n) is 3.37. The molecule has 4 nitrogen and oxygen atoms in total. The Morgan fingerprint density at radius 1 is 1.47 bits per heavy atom. The molecule has 2 rings (SSSR count). The van der Waals surface area contributed by atoms with Crippen LogP contribution in [0.4, 0.5) is 0 Å². The summed E-state index contributed by atoms with van der Waals surface area (Å²) in [6.07, 6.45) is 1.39. The molecule has 1 atom stereocenters. The molecule has 0 amide bonds. The summed E-state index contributed by atoms with van der Waals surface area (Å²) in [5.41, 5.74) is 0.250. The quantitative estimate of drug-likeness (QED) is 0.723. The first-order chi connectivity index (χ1) is 7.18. The molecule has 1 unspecified atom stereocenters. The molecule has 2 aliphatic heterocycles. The predicted octanol–water partition coefficient (Wildman–Crippen LogP) is 0.433. The second kappa shape index (κ2) is 4.78. The molecule has 0 aromatic rings. The molecular weight excluding hydrogens is 192 g/mol. The van der Waals surface area contributed by atoms with Gasteiger partial charge in [-0.3, -0.25) is 4.90 Å². The number of hydrogen-bond acceptors (Lipinski definition) is 4. The van der Waals surface area contributed by atoms with E-state index in [1.54, 1.807) is 0 Å². The lowest BCUT2D eigenvalue weighted by molar-refractivity contribution is -0.150. The van der Waals surface area contributed by atoms with Crippen LogP contribution in [0.5, 0.6) is 0 Å². The topological polar surface area (TPSA) is 33.7 Å². The zero-order chi connectivity index (χ0) is 10.7. The first-order valence-electron chi connectivity index (χ1n) is 5.83. The van der Waals surface area contributed by atoms with E-state index in [9.17, 15) is 0 Å². The number of hydrogen-bond donors (Lipinski definition) is 1. The summed E-state index contributed by atoms with van der Waals surface area (Å²) in [5, 5.41) is 3.44. The van der Waals surface area contributed by atoms with E-state index in [1.165, 1.54) is 0 Å². The zero-order valence-electron chi connectivity index (χ0n) is 9.79. The Balaban J connectivity index is 1.85. The van der Waals surface area contributed by atoms with Crippen LogP contribution in [-0.4, -0.2) is 56.1 Å². The Morgan fingerprint density at radius 2 is 2.33 bits per heavy atom. The maximum Gasteiger partial charge on any atom is 0.147 e. The van der Waals surface area contributed by atoms with E-state index in [1.807, 2.05) is 0 Å². The molecule has 2 saturated heterocycles. The van der Waals surface area contributed by atoms with Gasteiger partial charge in [-0.25, -0.2) is 0 Å². The van der Waals surface area contributed by atoms with Gasteiger partial charge in [0.05, 0.1) is 12.7 Å². The highest BCUT2D eigenvalue weighted by Crippen LogP contribution is 2.18. The van der Waals surface area contributed by atoms with Gasteiger partial charge < -0.3 is 14.8 Å². The molecule has 88 valence electrons. The van der Waals surface area contributed by atoms with E-state index in [0.29, 0.717) is 12.9 Å². The Bertz CT molecular complexity index is 203. The Labute approximate surface area is 91.9 Å². The van der Waals surface area contributed by atoms with Crippen LogP contribution in [-0.2, 0) is 9.47 Å². The third-order valence-corrected chi connectivity index (χ3v) is 3.37. The van der Waals surface area contributed by atoms with Crippen molar-refractivity contribution in [1.29, 1.82) is 0 Å². The fourth-order valence-corrected chi connectivity index (χ4v) is 2.25. The molecule has 0 saturated carbocycles. The fraction of sp³-hybridized carbons (Fsp3) is 1.00. The third kappa shape index (κ3) is 2.91. The van der Waals surface area contributed by atoms with Crippen molar-refractivity contribution in [2.75, 3.05) is 39.6 Å². The van der Waals surface area contributed by atoms with E-state index in [4.69, 9.17) is 9.47 Å². The average molecular weight is 214 g/mol. The number of rotatable bonds is 2. The molecule has 2 aliphatic rings. The highest BCUT2D eigenvalue weighted by molar-refractivity contribution is 4.89. The van der Waals surface area contributed by atoms with Gasteiger partial charge in [0.2, 0.25) is 0 Å². The van der Waals surface area contributed by atoms with Crippen LogP contribution in [0.3, 0.4) is 0 Å². The van der Waals surface area contributed by atoms with Gasteiger partial charge >= 0.3 is 0 Å². The number of piperazine rings is 1. The standard InChI is InChI=1S/C11H22N2O2/c1-11(2)8-12-4-5-13(11)7-10-3-6-14-9-15-10/h10,12H,3-9H2,1-2H3. The van der Waals surface area contributed by atoms with Gasteiger partial charge in [-0.15, -0.1) is 0 Å². The summed E-state index contributed by atoms with van der Waals surface area (Å²) >= 11 is 0. The minimum absolute atomic E-state index is 0.250. The number of nitrogens with one attached hydrogen (secondary N) is 1. The molecule has 2 fully saturated rings. The lowest BCUT2D eigenvalue weighted by Crippen LogP contribution is -2.59. The molecule has 2 heterocycles. The van der Waals surface area contributed by atoms with Crippen LogP contribution in [0.15, 0.2) is 0 Å². The largest absolute Gasteiger partial charge is 0.355 e. The van der Waals surface area contributed by atoms with Crippen LogP contribution in [0, 0.1) is 0 Å². The molecule has 0 aromatic heterocycles. The zero-order valence-corrected chi connectivity index (χ0v) is 9.79. The summed E-state index contributed by atoms with van der Waals surface area (Å²) < 4.78 is 10.8. The molecule has 0 spiro atoms. The first-order valence-corrected chi connectivity index (χ1v) is 5.83. The molecule has 0 aromatic carbocycles. The van der Waals surface area contributed by atoms with Crippen molar-refractivity contribution in [3.63, 3.8) is 0 Å². The number of ether oxygens (including phenoxy) is 2. The van der Waals surface area contributed by atoms with Crippen molar-refractivity contribution < 1.29 is 9.47 Å². The first kappa shape index (κ1) is 11.3. The Hall–Kier alpha value is -0.160. The summed E-state index contributed by atoms with van der Waals surface area (Å²) in [7, 11) is 0. The van der Waals surface area contributed by atoms with Crippen molar-refractivity contribution in [2.24, 2.45) is 0 Å². The second-order valence-corrected chi connectivity index (χ2v) is 5.04. The van der Waals surface area contributed by atoms with E-state index in [2.05, 4.69) is 24.1 Å². The van der Waals surface area contributed by atoms with E-state index in [0.717, 1.165) is 39.2 Å². The SMILES string of the molecule is CC1(C)CNCCN1CC1CCOCO1. The predicted molar refractivity (Wildman–Crippen MR) is 58.8 cm³/mol. The van der Waals surface area contributed by atoms with Crippen LogP contribution in [0.25, 0.3) is 0 Å². The summed E-state index contributed by atoms with van der Waals surface area (Å²) in [6.45, 7) is 10.2. The minimum Gasteiger partial charge on any atom is -0.355 e. The molecule has 15 heavy (non-hydrogen) atoms. The maximum atomic E-state index is 5.59. The van der Waals surface area contributed by atoms with E-state index in [-0.39, 0.29) is 5.54 Å². The van der Waals surface area contributed by atoms with Gasteiger partial charge in [0.15, 0.2) is 0 Å². The summed E-state index contributed by atoms with van der Waals surface area (Å²) in [4.78, 5) is 2.53. The van der Waals surface area contributed by atoms with Crippen molar-refractivity contribution in [1.82, 2.24) is 10.2 Å². The average Bonchev–Trinajstić information content (AvgIpc) is 2.23. The second-order valence-electron chi connectivity index (χ2n) is 5.04. The van der Waals surface area contributed by atoms with Gasteiger partial charge in [-0.1, -0.05) is 0 Å². The van der Waals surface area contributed by atoms with Crippen molar-refractivity contribution in [2.45, 2.75) is 31.9 Å². The van der Waals surface area contributed by atoms with Gasteiger partial charge in [0.25, 0.3) is 0 Å². The van der Waals surface area contributed by atoms with Crippen LogP contribution in [0.1, 0.15) is 20.3 Å². The van der Waals surface area contributed by atoms with Crippen LogP contribution < -0.4 is 5.32 Å². The van der Waals surface area contributed by atoms with Crippen molar-refractivity contribution >= 4 is 0 Å². The molecule has 0 bridgehead atoms. The summed E-state index contributed by atoms with van der Waals surface area (Å²) in [5.74, 6) is 0. The van der Waals surface area contributed by atoms with E-state index >= 15 is 0 Å². The highest BCUT2D eigenvalue weighted by atomic mass is 16.7. The van der Waals surface area contributed by atoms with E-state index < -0.39 is 0 Å². The Morgan fingerprint density at radius 3 is 3.00 bits per heavy atom. The van der Waals surface area contributed by atoms with Crippen molar-refractivity contribution in [3.8, 4) is 0 Å².